The summed E-state index contributed by atoms with van der Waals surface area (Å²) < 4.78 is 1.09. The summed E-state index contributed by atoms with van der Waals surface area (Å²) in [5.41, 5.74) is 2.51. The van der Waals surface area contributed by atoms with E-state index < -0.39 is 0 Å². The van der Waals surface area contributed by atoms with E-state index in [1.54, 1.807) is 0 Å². The SMILES string of the molecule is C=C(C)C[C@@H](c1ccc(Cl)cc1Br)N1CCNCC1. The van der Waals surface area contributed by atoms with Crippen molar-refractivity contribution >= 4 is 27.5 Å². The zero-order valence-electron chi connectivity index (χ0n) is 11.3. The summed E-state index contributed by atoms with van der Waals surface area (Å²) in [5.74, 6) is 0. The third kappa shape index (κ3) is 4.06. The van der Waals surface area contributed by atoms with Crippen molar-refractivity contribution in [2.45, 2.75) is 19.4 Å². The van der Waals surface area contributed by atoms with Crippen molar-refractivity contribution in [2.75, 3.05) is 26.2 Å². The van der Waals surface area contributed by atoms with Gasteiger partial charge in [0.25, 0.3) is 0 Å². The highest BCUT2D eigenvalue weighted by atomic mass is 79.9. The Morgan fingerprint density at radius 2 is 2.16 bits per heavy atom. The van der Waals surface area contributed by atoms with Crippen molar-refractivity contribution in [3.8, 4) is 0 Å². The standard InChI is InChI=1S/C15H20BrClN2/c1-11(2)9-15(19-7-5-18-6-8-19)13-4-3-12(17)10-14(13)16/h3-4,10,15,18H,1,5-9H2,2H3/t15-/m0/s1. The third-order valence-corrected chi connectivity index (χ3v) is 4.38. The van der Waals surface area contributed by atoms with Gasteiger partial charge in [0, 0.05) is 41.7 Å². The highest BCUT2D eigenvalue weighted by Gasteiger charge is 2.23. The van der Waals surface area contributed by atoms with Gasteiger partial charge in [-0.3, -0.25) is 4.90 Å². The molecule has 0 unspecified atom stereocenters. The molecule has 19 heavy (non-hydrogen) atoms. The van der Waals surface area contributed by atoms with E-state index in [-0.39, 0.29) is 0 Å². The molecular weight excluding hydrogens is 324 g/mol. The highest BCUT2D eigenvalue weighted by molar-refractivity contribution is 9.10. The Bertz CT molecular complexity index is 455. The van der Waals surface area contributed by atoms with E-state index in [1.807, 2.05) is 12.1 Å². The fourth-order valence-electron chi connectivity index (χ4n) is 2.53. The normalized spacial score (nSPS) is 18.3. The molecule has 1 atom stereocenters. The molecule has 2 rings (SSSR count). The Morgan fingerprint density at radius 1 is 1.47 bits per heavy atom. The van der Waals surface area contributed by atoms with Gasteiger partial charge in [-0.2, -0.15) is 0 Å². The predicted octanol–water partition coefficient (Wildman–Crippen LogP) is 4.02. The summed E-state index contributed by atoms with van der Waals surface area (Å²) in [6.45, 7) is 10.4. The highest BCUT2D eigenvalue weighted by Crippen LogP contribution is 2.34. The Balaban J connectivity index is 2.27. The van der Waals surface area contributed by atoms with Crippen LogP contribution in [0.3, 0.4) is 0 Å². The van der Waals surface area contributed by atoms with Gasteiger partial charge in [0.2, 0.25) is 0 Å². The summed E-state index contributed by atoms with van der Waals surface area (Å²) in [6.07, 6.45) is 0.986. The minimum absolute atomic E-state index is 0.381. The zero-order chi connectivity index (χ0) is 13.8. The van der Waals surface area contributed by atoms with Crippen LogP contribution in [-0.2, 0) is 0 Å². The van der Waals surface area contributed by atoms with E-state index in [2.05, 4.69) is 45.7 Å². The molecule has 1 aromatic rings. The molecule has 1 aliphatic heterocycles. The predicted molar refractivity (Wildman–Crippen MR) is 85.8 cm³/mol. The molecule has 104 valence electrons. The number of rotatable bonds is 4. The van der Waals surface area contributed by atoms with Gasteiger partial charge in [0.1, 0.15) is 0 Å². The second-order valence-electron chi connectivity index (χ2n) is 5.13. The lowest BCUT2D eigenvalue weighted by Crippen LogP contribution is -2.45. The smallest absolute Gasteiger partial charge is 0.0417 e. The second kappa shape index (κ2) is 6.89. The van der Waals surface area contributed by atoms with Crippen LogP contribution in [0.5, 0.6) is 0 Å². The Hall–Kier alpha value is -0.350. The van der Waals surface area contributed by atoms with Crippen LogP contribution in [0.1, 0.15) is 24.9 Å². The molecule has 0 bridgehead atoms. The number of hydrogen-bond donors (Lipinski definition) is 1. The quantitative estimate of drug-likeness (QED) is 0.831. The van der Waals surface area contributed by atoms with Crippen LogP contribution in [0.15, 0.2) is 34.8 Å². The van der Waals surface area contributed by atoms with Gasteiger partial charge < -0.3 is 5.32 Å². The molecule has 1 heterocycles. The van der Waals surface area contributed by atoms with Crippen LogP contribution >= 0.6 is 27.5 Å². The van der Waals surface area contributed by atoms with Crippen LogP contribution in [0.4, 0.5) is 0 Å². The first-order chi connectivity index (χ1) is 9.08. The summed E-state index contributed by atoms with van der Waals surface area (Å²) in [5, 5.41) is 4.17. The third-order valence-electron chi connectivity index (χ3n) is 3.46. The second-order valence-corrected chi connectivity index (χ2v) is 6.42. The maximum Gasteiger partial charge on any atom is 0.0417 e. The number of hydrogen-bond acceptors (Lipinski definition) is 2. The number of nitrogens with zero attached hydrogens (tertiary/aromatic N) is 1. The van der Waals surface area contributed by atoms with Crippen LogP contribution in [0.2, 0.25) is 5.02 Å². The molecule has 1 aromatic carbocycles. The molecule has 0 spiro atoms. The molecule has 0 aromatic heterocycles. The fraction of sp³-hybridized carbons (Fsp3) is 0.467. The molecule has 1 saturated heterocycles. The largest absolute Gasteiger partial charge is 0.314 e. The minimum Gasteiger partial charge on any atom is -0.314 e. The summed E-state index contributed by atoms with van der Waals surface area (Å²) in [7, 11) is 0. The number of benzene rings is 1. The van der Waals surface area contributed by atoms with E-state index in [4.69, 9.17) is 11.6 Å². The van der Waals surface area contributed by atoms with Gasteiger partial charge >= 0.3 is 0 Å². The lowest BCUT2D eigenvalue weighted by atomic mass is 9.98. The fourth-order valence-corrected chi connectivity index (χ4v) is 3.48. The summed E-state index contributed by atoms with van der Waals surface area (Å²) in [4.78, 5) is 2.53. The molecule has 1 fully saturated rings. The number of nitrogens with one attached hydrogen (secondary N) is 1. The maximum absolute atomic E-state index is 6.04. The first-order valence-corrected chi connectivity index (χ1v) is 7.79. The van der Waals surface area contributed by atoms with Crippen LogP contribution in [-0.4, -0.2) is 31.1 Å². The first kappa shape index (κ1) is 15.0. The van der Waals surface area contributed by atoms with Crippen LogP contribution in [0, 0.1) is 0 Å². The van der Waals surface area contributed by atoms with E-state index in [1.165, 1.54) is 11.1 Å². The van der Waals surface area contributed by atoms with Gasteiger partial charge in [0.15, 0.2) is 0 Å². The molecule has 4 heteroatoms. The van der Waals surface area contributed by atoms with E-state index in [0.717, 1.165) is 42.1 Å². The summed E-state index contributed by atoms with van der Waals surface area (Å²) in [6, 6.07) is 6.45. The monoisotopic (exact) mass is 342 g/mol. The molecule has 1 aliphatic rings. The number of halogens is 2. The molecule has 2 nitrogen and oxygen atoms in total. The van der Waals surface area contributed by atoms with Crippen molar-refractivity contribution in [2.24, 2.45) is 0 Å². The molecule has 0 amide bonds. The van der Waals surface area contributed by atoms with Crippen LogP contribution < -0.4 is 5.32 Å². The minimum atomic E-state index is 0.381. The average molecular weight is 344 g/mol. The lowest BCUT2D eigenvalue weighted by Gasteiger charge is -2.36. The van der Waals surface area contributed by atoms with Crippen molar-refractivity contribution in [3.63, 3.8) is 0 Å². The molecular formula is C15H20BrClN2. The van der Waals surface area contributed by atoms with Crippen molar-refractivity contribution < 1.29 is 0 Å². The Kier molecular flexibility index (Phi) is 5.46. The summed E-state index contributed by atoms with van der Waals surface area (Å²) >= 11 is 9.69. The number of piperazine rings is 1. The topological polar surface area (TPSA) is 15.3 Å². The Labute approximate surface area is 129 Å². The van der Waals surface area contributed by atoms with Crippen molar-refractivity contribution in [3.05, 3.63) is 45.4 Å². The van der Waals surface area contributed by atoms with Crippen molar-refractivity contribution in [1.29, 1.82) is 0 Å². The zero-order valence-corrected chi connectivity index (χ0v) is 13.6. The first-order valence-electron chi connectivity index (χ1n) is 6.62. The van der Waals surface area contributed by atoms with Gasteiger partial charge in [-0.15, -0.1) is 6.58 Å². The molecule has 0 saturated carbocycles. The van der Waals surface area contributed by atoms with Gasteiger partial charge in [-0.25, -0.2) is 0 Å². The van der Waals surface area contributed by atoms with Crippen LogP contribution in [0.25, 0.3) is 0 Å². The van der Waals surface area contributed by atoms with Gasteiger partial charge in [-0.05, 0) is 31.0 Å². The van der Waals surface area contributed by atoms with E-state index in [9.17, 15) is 0 Å². The molecule has 0 aliphatic carbocycles. The maximum atomic E-state index is 6.04. The van der Waals surface area contributed by atoms with E-state index >= 15 is 0 Å². The average Bonchev–Trinajstić information content (AvgIpc) is 2.37. The Morgan fingerprint density at radius 3 is 2.74 bits per heavy atom. The van der Waals surface area contributed by atoms with E-state index in [0.29, 0.717) is 6.04 Å². The van der Waals surface area contributed by atoms with Crippen molar-refractivity contribution in [1.82, 2.24) is 10.2 Å². The molecule has 0 radical (unpaired) electrons. The lowest BCUT2D eigenvalue weighted by molar-refractivity contribution is 0.172. The van der Waals surface area contributed by atoms with Gasteiger partial charge in [-0.1, -0.05) is 39.2 Å². The molecule has 1 N–H and O–H groups in total. The van der Waals surface area contributed by atoms with Gasteiger partial charge in [0.05, 0.1) is 0 Å².